The summed E-state index contributed by atoms with van der Waals surface area (Å²) in [6.07, 6.45) is 7.18. The maximum Gasteiger partial charge on any atom is 0.357 e. The molecule has 4 nitrogen and oxygen atoms in total. The molecule has 0 amide bonds. The second kappa shape index (κ2) is 6.97. The highest BCUT2D eigenvalue weighted by Crippen LogP contribution is 2.38. The molecule has 126 valence electrons. The van der Waals surface area contributed by atoms with Crippen LogP contribution in [0.4, 0.5) is 0 Å². The van der Waals surface area contributed by atoms with Gasteiger partial charge in [0.2, 0.25) is 0 Å². The van der Waals surface area contributed by atoms with Crippen molar-refractivity contribution in [3.05, 3.63) is 42.2 Å². The maximum absolute atomic E-state index is 12.0. The van der Waals surface area contributed by atoms with Crippen molar-refractivity contribution in [2.45, 2.75) is 64.0 Å². The van der Waals surface area contributed by atoms with Crippen LogP contribution in [0.1, 0.15) is 44.1 Å². The first-order valence-electron chi connectivity index (χ1n) is 8.17. The fourth-order valence-electron chi connectivity index (χ4n) is 2.20. The van der Waals surface area contributed by atoms with Crippen LogP contribution in [0.5, 0.6) is 0 Å². The fraction of sp³-hybridized carbons (Fsp3) is 0.556. The maximum atomic E-state index is 12.0. The third-order valence-electron chi connectivity index (χ3n) is 4.66. The molecule has 5 heteroatoms. The van der Waals surface area contributed by atoms with Gasteiger partial charge in [0.15, 0.2) is 8.32 Å². The Kier molecular flexibility index (Phi) is 5.42. The molecule has 1 aliphatic carbocycles. The molecule has 0 N–H and O–H groups in total. The number of ether oxygens (including phenoxy) is 1. The molecule has 0 aromatic carbocycles. The van der Waals surface area contributed by atoms with Gasteiger partial charge < -0.3 is 9.16 Å². The average molecular weight is 334 g/mol. The lowest BCUT2D eigenvalue weighted by Crippen LogP contribution is -2.44. The van der Waals surface area contributed by atoms with Gasteiger partial charge in [0, 0.05) is 6.20 Å². The van der Waals surface area contributed by atoms with Crippen LogP contribution in [-0.4, -0.2) is 31.5 Å². The van der Waals surface area contributed by atoms with Crippen LogP contribution in [0.3, 0.4) is 0 Å². The van der Waals surface area contributed by atoms with E-state index in [2.05, 4.69) is 38.8 Å². The first-order valence-corrected chi connectivity index (χ1v) is 11.1. The number of nitrogens with zero attached hydrogens (tertiary/aromatic N) is 1. The lowest BCUT2D eigenvalue weighted by molar-refractivity contribution is 0.0331. The summed E-state index contributed by atoms with van der Waals surface area (Å²) in [5, 5.41) is 0.198. The zero-order valence-corrected chi connectivity index (χ0v) is 15.7. The molecule has 0 aliphatic heterocycles. The zero-order chi connectivity index (χ0) is 17.1. The molecule has 1 aromatic rings. The van der Waals surface area contributed by atoms with E-state index in [9.17, 15) is 4.79 Å². The van der Waals surface area contributed by atoms with Crippen molar-refractivity contribution in [1.29, 1.82) is 0 Å². The summed E-state index contributed by atoms with van der Waals surface area (Å²) in [4.78, 5) is 16.0. The largest absolute Gasteiger partial charge is 0.453 e. The van der Waals surface area contributed by atoms with Crippen LogP contribution in [0.25, 0.3) is 0 Å². The number of esters is 1. The molecule has 2 rings (SSSR count). The van der Waals surface area contributed by atoms with Gasteiger partial charge in [-0.15, -0.1) is 0 Å². The summed E-state index contributed by atoms with van der Waals surface area (Å²) < 4.78 is 11.9. The van der Waals surface area contributed by atoms with Gasteiger partial charge >= 0.3 is 5.97 Å². The molecular formula is C18H27NO3Si. The van der Waals surface area contributed by atoms with E-state index in [0.29, 0.717) is 5.69 Å². The number of hydrogen-bond acceptors (Lipinski definition) is 4. The van der Waals surface area contributed by atoms with Gasteiger partial charge in [-0.25, -0.2) is 9.78 Å². The summed E-state index contributed by atoms with van der Waals surface area (Å²) in [7, 11) is -1.77. The smallest absolute Gasteiger partial charge is 0.357 e. The zero-order valence-electron chi connectivity index (χ0n) is 14.7. The van der Waals surface area contributed by atoms with Crippen LogP contribution >= 0.6 is 0 Å². The van der Waals surface area contributed by atoms with Gasteiger partial charge in [-0.1, -0.05) is 32.9 Å². The van der Waals surface area contributed by atoms with E-state index in [1.807, 2.05) is 12.2 Å². The number of pyridine rings is 1. The lowest BCUT2D eigenvalue weighted by Gasteiger charge is -2.39. The van der Waals surface area contributed by atoms with Gasteiger partial charge in [0.05, 0.1) is 6.10 Å². The minimum atomic E-state index is -1.77. The summed E-state index contributed by atoms with van der Waals surface area (Å²) >= 11 is 0. The topological polar surface area (TPSA) is 48.4 Å². The first kappa shape index (κ1) is 17.9. The van der Waals surface area contributed by atoms with Crippen LogP contribution in [0.15, 0.2) is 36.5 Å². The van der Waals surface area contributed by atoms with E-state index in [4.69, 9.17) is 9.16 Å². The molecule has 1 aromatic heterocycles. The van der Waals surface area contributed by atoms with Gasteiger partial charge in [-0.05, 0) is 49.2 Å². The molecule has 1 heterocycles. The predicted octanol–water partition coefficient (Wildman–Crippen LogP) is 4.35. The third-order valence-corrected chi connectivity index (χ3v) is 9.17. The van der Waals surface area contributed by atoms with E-state index < -0.39 is 8.32 Å². The van der Waals surface area contributed by atoms with Crippen molar-refractivity contribution in [2.75, 3.05) is 0 Å². The van der Waals surface area contributed by atoms with Gasteiger partial charge in [-0.2, -0.15) is 0 Å². The van der Waals surface area contributed by atoms with E-state index in [-0.39, 0.29) is 23.2 Å². The van der Waals surface area contributed by atoms with E-state index in [1.54, 1.807) is 24.4 Å². The van der Waals surface area contributed by atoms with E-state index in [1.165, 1.54) is 0 Å². The monoisotopic (exact) mass is 333 g/mol. The van der Waals surface area contributed by atoms with Crippen molar-refractivity contribution < 1.29 is 14.0 Å². The second-order valence-corrected chi connectivity index (χ2v) is 12.3. The molecule has 0 fully saturated rings. The van der Waals surface area contributed by atoms with Crippen molar-refractivity contribution >= 4 is 14.3 Å². The van der Waals surface area contributed by atoms with Crippen molar-refractivity contribution in [3.63, 3.8) is 0 Å². The van der Waals surface area contributed by atoms with Crippen LogP contribution in [0, 0.1) is 0 Å². The molecule has 2 atom stereocenters. The number of rotatable bonds is 4. The molecule has 1 aliphatic rings. The predicted molar refractivity (Wildman–Crippen MR) is 93.9 cm³/mol. The minimum Gasteiger partial charge on any atom is -0.453 e. The molecule has 0 saturated heterocycles. The highest BCUT2D eigenvalue weighted by atomic mass is 28.4. The third kappa shape index (κ3) is 4.75. The normalized spacial score (nSPS) is 22.0. The fourth-order valence-corrected chi connectivity index (χ4v) is 3.51. The quantitative estimate of drug-likeness (QED) is 0.467. The molecule has 23 heavy (non-hydrogen) atoms. The Balaban J connectivity index is 1.90. The van der Waals surface area contributed by atoms with Gasteiger partial charge in [-0.3, -0.25) is 0 Å². The molecule has 0 bridgehead atoms. The standard InChI is InChI=1S/C18H27NO3Si/c1-18(2,3)23(4,5)22-15-11-9-14(10-12-15)21-17(20)16-8-6-7-13-19-16/h6-9,11,13-15H,10,12H2,1-5H3/t14-,15+/m1/s1. The summed E-state index contributed by atoms with van der Waals surface area (Å²) in [6, 6.07) is 5.22. The lowest BCUT2D eigenvalue weighted by atomic mass is 10.0. The van der Waals surface area contributed by atoms with Crippen LogP contribution in [0.2, 0.25) is 18.1 Å². The van der Waals surface area contributed by atoms with Crippen LogP contribution < -0.4 is 0 Å². The van der Waals surface area contributed by atoms with Crippen LogP contribution in [-0.2, 0) is 9.16 Å². The molecular weight excluding hydrogens is 306 g/mol. The summed E-state index contributed by atoms with van der Waals surface area (Å²) in [6.45, 7) is 11.2. The number of aromatic nitrogens is 1. The van der Waals surface area contributed by atoms with E-state index in [0.717, 1.165) is 12.8 Å². The van der Waals surface area contributed by atoms with E-state index >= 15 is 0 Å². The Morgan fingerprint density at radius 3 is 2.35 bits per heavy atom. The minimum absolute atomic E-state index is 0.126. The summed E-state index contributed by atoms with van der Waals surface area (Å²) in [5.74, 6) is -0.371. The number of carbonyl (C=O) groups is 1. The van der Waals surface area contributed by atoms with Gasteiger partial charge in [0.1, 0.15) is 11.8 Å². The molecule has 0 radical (unpaired) electrons. The number of carbonyl (C=O) groups excluding carboxylic acids is 1. The van der Waals surface area contributed by atoms with Crippen molar-refractivity contribution in [1.82, 2.24) is 4.98 Å². The highest BCUT2D eigenvalue weighted by molar-refractivity contribution is 6.74. The Bertz CT molecular complexity index is 563. The summed E-state index contributed by atoms with van der Waals surface area (Å²) in [5.41, 5.74) is 0.348. The Labute approximate surface area is 140 Å². The SMILES string of the molecule is CC(C)(C)[Si](C)(C)O[C@H]1C=C[C@@H](OC(=O)c2ccccn2)CC1. The van der Waals surface area contributed by atoms with Crippen molar-refractivity contribution in [2.24, 2.45) is 0 Å². The Morgan fingerprint density at radius 2 is 1.83 bits per heavy atom. The van der Waals surface area contributed by atoms with Crippen molar-refractivity contribution in [3.8, 4) is 0 Å². The Morgan fingerprint density at radius 1 is 1.17 bits per heavy atom. The highest BCUT2D eigenvalue weighted by Gasteiger charge is 2.39. The molecule has 0 spiro atoms. The first-order chi connectivity index (χ1) is 10.7. The van der Waals surface area contributed by atoms with Gasteiger partial charge in [0.25, 0.3) is 0 Å². The molecule has 0 unspecified atom stereocenters. The average Bonchev–Trinajstić information content (AvgIpc) is 2.48. The molecule has 0 saturated carbocycles. The Hall–Kier alpha value is -1.46. The number of hydrogen-bond donors (Lipinski definition) is 0. The second-order valence-electron chi connectivity index (χ2n) is 7.54.